The Morgan fingerprint density at radius 3 is 0.708 bits per heavy atom. The van der Waals surface area contributed by atoms with Gasteiger partial charge in [-0.15, -0.1) is 0 Å². The number of rotatable bonds is 8. The van der Waals surface area contributed by atoms with E-state index in [2.05, 4.69) is 376 Å². The van der Waals surface area contributed by atoms with E-state index in [0.717, 1.165) is 0 Å². The van der Waals surface area contributed by atoms with Gasteiger partial charge in [0, 0.05) is 0 Å². The Morgan fingerprint density at radius 2 is 0.302 bits per heavy atom. The Bertz CT molecular complexity index is 6100. The lowest BCUT2D eigenvalue weighted by molar-refractivity contribution is 1.63. The molecule has 0 radical (unpaired) electrons. The first kappa shape index (κ1) is 56.3. The van der Waals surface area contributed by atoms with Crippen molar-refractivity contribution in [1.82, 2.24) is 0 Å². The first-order valence-electron chi connectivity index (χ1n) is 33.3. The minimum Gasteiger partial charge on any atom is -0.0622 e. The largest absolute Gasteiger partial charge is 0.0622 e. The summed E-state index contributed by atoms with van der Waals surface area (Å²) in [6.45, 7) is 0. The maximum absolute atomic E-state index is 2.33. The second-order valence-electron chi connectivity index (χ2n) is 25.2. The van der Waals surface area contributed by atoms with Crippen molar-refractivity contribution in [3.8, 4) is 89.0 Å². The third-order valence-electron chi connectivity index (χ3n) is 20.0. The van der Waals surface area contributed by atoms with Crippen molar-refractivity contribution in [3.05, 3.63) is 376 Å². The number of fused-ring (bicyclic) bond motifs is 9. The lowest BCUT2D eigenvalue weighted by Crippen LogP contribution is -1.92. The van der Waals surface area contributed by atoms with Gasteiger partial charge in [0.15, 0.2) is 0 Å². The Kier molecular flexibility index (Phi) is 14.0. The molecule has 0 aromatic heterocycles. The lowest BCUT2D eigenvalue weighted by atomic mass is 9.83. The van der Waals surface area contributed by atoms with Crippen LogP contribution in [0.15, 0.2) is 376 Å². The molecular formula is C96H62. The molecule has 0 unspecified atom stereocenters. The summed E-state index contributed by atoms with van der Waals surface area (Å²) in [5.74, 6) is 0. The van der Waals surface area contributed by atoms with Crippen molar-refractivity contribution in [2.24, 2.45) is 0 Å². The van der Waals surface area contributed by atoms with E-state index in [1.807, 2.05) is 0 Å². The SMILES string of the molecule is c1ccc(-c2ccc(-c3c4ccccc4c(-c4ccc(-c5cccc6ccccc56)cc4)c4ccccc34)c3ccccc23)cc1.c1ccc2c(-c3ccc(-c4ccc(-c5c6ccccc6c(-c6cccc7ccccc67)c6ccccc56)cc4)c4ccccc34)cccc2c1. The van der Waals surface area contributed by atoms with Gasteiger partial charge >= 0.3 is 0 Å². The van der Waals surface area contributed by atoms with Crippen molar-refractivity contribution in [1.29, 1.82) is 0 Å². The molecule has 0 N–H and O–H groups in total. The van der Waals surface area contributed by atoms with Crippen LogP contribution in [0.5, 0.6) is 0 Å². The molecule has 0 nitrogen and oxygen atoms in total. The molecule has 0 saturated heterocycles. The second-order valence-corrected chi connectivity index (χ2v) is 25.2. The average Bonchev–Trinajstić information content (AvgIpc) is 0.736. The number of hydrogen-bond acceptors (Lipinski definition) is 0. The van der Waals surface area contributed by atoms with Gasteiger partial charge in [0.1, 0.15) is 0 Å². The van der Waals surface area contributed by atoms with Gasteiger partial charge in [0.2, 0.25) is 0 Å². The van der Waals surface area contributed by atoms with Crippen LogP contribution in [0.25, 0.3) is 186 Å². The monoisotopic (exact) mass is 1210 g/mol. The minimum absolute atomic E-state index is 1.22. The van der Waals surface area contributed by atoms with Crippen molar-refractivity contribution in [2.75, 3.05) is 0 Å². The van der Waals surface area contributed by atoms with E-state index >= 15 is 0 Å². The fraction of sp³-hybridized carbons (Fsp3) is 0. The Labute approximate surface area is 558 Å². The van der Waals surface area contributed by atoms with E-state index in [1.165, 1.54) is 186 Å². The van der Waals surface area contributed by atoms with E-state index in [0.29, 0.717) is 0 Å². The highest BCUT2D eigenvalue weighted by Gasteiger charge is 2.22. The first-order valence-corrected chi connectivity index (χ1v) is 33.3. The summed E-state index contributed by atoms with van der Waals surface area (Å²) < 4.78 is 0. The summed E-state index contributed by atoms with van der Waals surface area (Å²) in [7, 11) is 0. The molecule has 0 amide bonds. The normalized spacial score (nSPS) is 11.5. The molecule has 19 aromatic rings. The van der Waals surface area contributed by atoms with Crippen LogP contribution in [0, 0.1) is 0 Å². The van der Waals surface area contributed by atoms with Crippen LogP contribution >= 0.6 is 0 Å². The van der Waals surface area contributed by atoms with Crippen LogP contribution in [0.3, 0.4) is 0 Å². The fourth-order valence-electron chi connectivity index (χ4n) is 15.6. The smallest absolute Gasteiger partial charge is 0.00201 e. The lowest BCUT2D eigenvalue weighted by Gasteiger charge is -2.20. The summed E-state index contributed by atoms with van der Waals surface area (Å²) in [6, 6.07) is 138. The van der Waals surface area contributed by atoms with Crippen LogP contribution in [-0.4, -0.2) is 0 Å². The van der Waals surface area contributed by atoms with Gasteiger partial charge in [0.25, 0.3) is 0 Å². The van der Waals surface area contributed by atoms with Crippen molar-refractivity contribution in [2.45, 2.75) is 0 Å². The molecule has 0 aliphatic rings. The first-order chi connectivity index (χ1) is 47.7. The molecule has 19 rings (SSSR count). The van der Waals surface area contributed by atoms with Crippen LogP contribution < -0.4 is 0 Å². The highest BCUT2D eigenvalue weighted by Crippen LogP contribution is 2.49. The highest BCUT2D eigenvalue weighted by molar-refractivity contribution is 6.26. The van der Waals surface area contributed by atoms with E-state index in [4.69, 9.17) is 0 Å². The van der Waals surface area contributed by atoms with Crippen LogP contribution in [-0.2, 0) is 0 Å². The number of hydrogen-bond donors (Lipinski definition) is 0. The number of benzene rings is 19. The molecule has 0 bridgehead atoms. The van der Waals surface area contributed by atoms with Crippen molar-refractivity contribution in [3.63, 3.8) is 0 Å². The quantitative estimate of drug-likeness (QED) is 0.133. The van der Waals surface area contributed by atoms with Gasteiger partial charge < -0.3 is 0 Å². The molecule has 0 aliphatic heterocycles. The zero-order valence-corrected chi connectivity index (χ0v) is 52.8. The Hall–Kier alpha value is -12.5. The third kappa shape index (κ3) is 9.61. The maximum Gasteiger partial charge on any atom is -0.00201 e. The molecular weight excluding hydrogens is 1150 g/mol. The summed E-state index contributed by atoms with van der Waals surface area (Å²) in [6.07, 6.45) is 0. The molecule has 19 aromatic carbocycles. The zero-order chi connectivity index (χ0) is 63.5. The third-order valence-corrected chi connectivity index (χ3v) is 20.0. The van der Waals surface area contributed by atoms with E-state index in [1.54, 1.807) is 0 Å². The standard InChI is InChI=1S/C50H32.C46H30/c1-3-17-37-33(13-1)15-11-25-41(37)43-32-31-39(40-19-5-6-20-42(40)43)35-27-29-36(30-28-35)49-45-21-7-9-23-47(45)50(48-24-10-8-22-46(48)49)44-26-12-16-34-14-2-4-18-38(34)44;1-2-13-31(14-3-1)37-29-30-44(39-19-7-6-18-38(37)39)46-42-22-10-8-20-40(42)45(41-21-9-11-23-43(41)46)34-27-25-33(26-28-34)36-24-12-16-32-15-4-5-17-35(32)36/h1-32H;1-30H. The van der Waals surface area contributed by atoms with E-state index in [9.17, 15) is 0 Å². The second kappa shape index (κ2) is 23.9. The summed E-state index contributed by atoms with van der Waals surface area (Å²) in [4.78, 5) is 0. The highest BCUT2D eigenvalue weighted by atomic mass is 14.2. The zero-order valence-electron chi connectivity index (χ0n) is 52.8. The fourth-order valence-corrected chi connectivity index (χ4v) is 15.6. The molecule has 0 saturated carbocycles. The van der Waals surface area contributed by atoms with Gasteiger partial charge in [-0.3, -0.25) is 0 Å². The van der Waals surface area contributed by atoms with Gasteiger partial charge in [-0.05, 0) is 186 Å². The van der Waals surface area contributed by atoms with Gasteiger partial charge in [-0.2, -0.15) is 0 Å². The van der Waals surface area contributed by atoms with Crippen LogP contribution in [0.1, 0.15) is 0 Å². The molecule has 0 fully saturated rings. The molecule has 0 spiro atoms. The maximum atomic E-state index is 2.33. The summed E-state index contributed by atoms with van der Waals surface area (Å²) in [5, 5.41) is 22.9. The Morgan fingerprint density at radius 1 is 0.0938 bits per heavy atom. The molecule has 446 valence electrons. The summed E-state index contributed by atoms with van der Waals surface area (Å²) >= 11 is 0. The predicted octanol–water partition coefficient (Wildman–Crippen LogP) is 27.1. The van der Waals surface area contributed by atoms with Crippen molar-refractivity contribution >= 4 is 97.0 Å². The van der Waals surface area contributed by atoms with Gasteiger partial charge in [-0.25, -0.2) is 0 Å². The molecule has 0 heteroatoms. The topological polar surface area (TPSA) is 0 Å². The van der Waals surface area contributed by atoms with E-state index in [-0.39, 0.29) is 0 Å². The van der Waals surface area contributed by atoms with Gasteiger partial charge in [-0.1, -0.05) is 376 Å². The van der Waals surface area contributed by atoms with Crippen molar-refractivity contribution < 1.29 is 0 Å². The van der Waals surface area contributed by atoms with Gasteiger partial charge in [0.05, 0.1) is 0 Å². The average molecular weight is 1220 g/mol. The molecule has 0 atom stereocenters. The van der Waals surface area contributed by atoms with Crippen LogP contribution in [0.4, 0.5) is 0 Å². The van der Waals surface area contributed by atoms with E-state index < -0.39 is 0 Å². The summed E-state index contributed by atoms with van der Waals surface area (Å²) in [5.41, 5.74) is 20.1. The molecule has 0 heterocycles. The van der Waals surface area contributed by atoms with Crippen LogP contribution in [0.2, 0.25) is 0 Å². The Balaban J connectivity index is 0.000000141. The predicted molar refractivity (Wildman–Crippen MR) is 414 cm³/mol. The minimum atomic E-state index is 1.22. The molecule has 96 heavy (non-hydrogen) atoms. The molecule has 0 aliphatic carbocycles.